The highest BCUT2D eigenvalue weighted by Crippen LogP contribution is 2.61. The zero-order valence-corrected chi connectivity index (χ0v) is 16.7. The highest BCUT2D eigenvalue weighted by atomic mass is 79.9. The number of rotatable bonds is 7. The number of fused-ring (bicyclic) bond motifs is 2. The van der Waals surface area contributed by atoms with Gasteiger partial charge in [-0.3, -0.25) is 10.3 Å². The van der Waals surface area contributed by atoms with Crippen molar-refractivity contribution < 1.29 is 9.57 Å². The topological polar surface area (TPSA) is 33.7 Å². The van der Waals surface area contributed by atoms with E-state index in [0.29, 0.717) is 6.61 Å². The Bertz CT molecular complexity index is 835. The van der Waals surface area contributed by atoms with Gasteiger partial charge in [0.1, 0.15) is 5.75 Å². The number of hydrogen-bond donors (Lipinski definition) is 1. The molecule has 1 saturated carbocycles. The molecule has 0 amide bonds. The smallest absolute Gasteiger partial charge is 0.162 e. The van der Waals surface area contributed by atoms with Crippen LogP contribution < -0.4 is 10.2 Å². The van der Waals surface area contributed by atoms with Crippen LogP contribution in [0.3, 0.4) is 0 Å². The van der Waals surface area contributed by atoms with Gasteiger partial charge < -0.3 is 9.64 Å². The molecular weight excluding hydrogens is 392 g/mol. The monoisotopic (exact) mass is 414 g/mol. The van der Waals surface area contributed by atoms with Crippen molar-refractivity contribution in [2.45, 2.75) is 18.4 Å². The van der Waals surface area contributed by atoms with E-state index in [9.17, 15) is 0 Å². The predicted octanol–water partition coefficient (Wildman–Crippen LogP) is 4.32. The van der Waals surface area contributed by atoms with Crippen molar-refractivity contribution in [1.82, 2.24) is 10.4 Å². The van der Waals surface area contributed by atoms with Crippen LogP contribution in [-0.2, 0) is 10.4 Å². The van der Waals surface area contributed by atoms with Crippen LogP contribution in [0.5, 0.6) is 5.75 Å². The molecule has 0 saturated heterocycles. The second-order valence-corrected chi connectivity index (χ2v) is 7.99. The quantitative estimate of drug-likeness (QED) is 0.540. The fourth-order valence-electron chi connectivity index (χ4n) is 3.47. The molecule has 2 aromatic rings. The lowest BCUT2D eigenvalue weighted by atomic mass is 10.0. The summed E-state index contributed by atoms with van der Waals surface area (Å²) in [6.07, 6.45) is 1.86. The Morgan fingerprint density at radius 3 is 2.77 bits per heavy atom. The molecule has 4 rings (SSSR count). The predicted molar refractivity (Wildman–Crippen MR) is 107 cm³/mol. The summed E-state index contributed by atoms with van der Waals surface area (Å²) in [6, 6.07) is 16.6. The maximum absolute atomic E-state index is 6.46. The minimum absolute atomic E-state index is 0.357. The minimum Gasteiger partial charge on any atom is -0.477 e. The number of nitrogens with one attached hydrogen (secondary N) is 1. The maximum Gasteiger partial charge on any atom is 0.162 e. The average Bonchev–Trinajstić information content (AvgIpc) is 3.36. The highest BCUT2D eigenvalue weighted by molar-refractivity contribution is 9.10. The molecule has 0 radical (unpaired) electrons. The molecule has 136 valence electrons. The zero-order chi connectivity index (χ0) is 18.1. The first-order valence-electron chi connectivity index (χ1n) is 8.91. The molecule has 2 aliphatic rings. The van der Waals surface area contributed by atoms with E-state index in [1.54, 1.807) is 0 Å². The molecule has 0 aromatic heterocycles. The summed E-state index contributed by atoms with van der Waals surface area (Å²) in [7, 11) is 4.14. The van der Waals surface area contributed by atoms with Crippen LogP contribution in [0, 0.1) is 0 Å². The third kappa shape index (κ3) is 3.27. The number of hydroxylamine groups is 1. The lowest BCUT2D eigenvalue weighted by molar-refractivity contribution is 0.0708. The van der Waals surface area contributed by atoms with Crippen LogP contribution in [0.4, 0.5) is 0 Å². The van der Waals surface area contributed by atoms with Crippen molar-refractivity contribution in [2.75, 3.05) is 27.2 Å². The molecule has 0 bridgehead atoms. The molecule has 1 aliphatic heterocycles. The van der Waals surface area contributed by atoms with Gasteiger partial charge >= 0.3 is 0 Å². The van der Waals surface area contributed by atoms with Gasteiger partial charge in [-0.25, -0.2) is 0 Å². The second kappa shape index (κ2) is 7.06. The van der Waals surface area contributed by atoms with Gasteiger partial charge in [0.15, 0.2) is 5.60 Å². The Labute approximate surface area is 162 Å². The zero-order valence-electron chi connectivity index (χ0n) is 15.1. The molecule has 2 aromatic carbocycles. The normalized spacial score (nSPS) is 20.5. The number of benzene rings is 2. The number of ether oxygens (including phenoxy) is 1. The summed E-state index contributed by atoms with van der Waals surface area (Å²) in [5.74, 6) is 0.879. The Balaban J connectivity index is 1.60. The molecule has 26 heavy (non-hydrogen) atoms. The van der Waals surface area contributed by atoms with Gasteiger partial charge in [-0.05, 0) is 45.3 Å². The third-order valence-electron chi connectivity index (χ3n) is 4.85. The van der Waals surface area contributed by atoms with E-state index in [1.165, 1.54) is 11.1 Å². The number of nitrogens with zero attached hydrogens (tertiary/aromatic N) is 1. The molecule has 1 fully saturated rings. The first-order valence-corrected chi connectivity index (χ1v) is 9.70. The summed E-state index contributed by atoms with van der Waals surface area (Å²) >= 11 is 3.55. The van der Waals surface area contributed by atoms with Gasteiger partial charge in [0, 0.05) is 27.6 Å². The molecule has 1 N–H and O–H groups in total. The molecule has 1 aliphatic carbocycles. The van der Waals surface area contributed by atoms with Crippen LogP contribution in [0.1, 0.15) is 24.0 Å². The van der Waals surface area contributed by atoms with Crippen molar-refractivity contribution in [3.8, 4) is 5.75 Å². The Kier molecular flexibility index (Phi) is 4.78. The van der Waals surface area contributed by atoms with E-state index in [-0.39, 0.29) is 5.60 Å². The molecule has 4 nitrogen and oxygen atoms in total. The third-order valence-corrected chi connectivity index (χ3v) is 5.35. The first kappa shape index (κ1) is 17.6. The van der Waals surface area contributed by atoms with Crippen LogP contribution >= 0.6 is 15.9 Å². The summed E-state index contributed by atoms with van der Waals surface area (Å²) in [5, 5.41) is 0. The minimum atomic E-state index is -0.357. The van der Waals surface area contributed by atoms with E-state index in [4.69, 9.17) is 9.57 Å². The Morgan fingerprint density at radius 2 is 2.00 bits per heavy atom. The molecule has 5 heteroatoms. The summed E-state index contributed by atoms with van der Waals surface area (Å²) in [4.78, 5) is 7.95. The largest absolute Gasteiger partial charge is 0.477 e. The number of halogens is 1. The van der Waals surface area contributed by atoms with Crippen LogP contribution in [0.15, 0.2) is 58.6 Å². The fourth-order valence-corrected chi connectivity index (χ4v) is 3.81. The van der Waals surface area contributed by atoms with Crippen molar-refractivity contribution in [3.05, 3.63) is 69.7 Å². The SMILES string of the molecule is CN(C)CCCONC1=C2CC2(c2ccccc2)Oc2cc(Br)ccc21. The molecular formula is C21H23BrN2O2. The van der Waals surface area contributed by atoms with Crippen molar-refractivity contribution in [1.29, 1.82) is 0 Å². The molecule has 1 heterocycles. The highest BCUT2D eigenvalue weighted by Gasteiger charge is 2.58. The van der Waals surface area contributed by atoms with E-state index >= 15 is 0 Å². The summed E-state index contributed by atoms with van der Waals surface area (Å²) in [6.45, 7) is 1.67. The first-order chi connectivity index (χ1) is 12.6. The van der Waals surface area contributed by atoms with Crippen LogP contribution in [-0.4, -0.2) is 32.1 Å². The maximum atomic E-state index is 6.46. The van der Waals surface area contributed by atoms with E-state index in [2.05, 4.69) is 70.7 Å². The van der Waals surface area contributed by atoms with Crippen LogP contribution in [0.2, 0.25) is 0 Å². The van der Waals surface area contributed by atoms with E-state index in [1.807, 2.05) is 18.2 Å². The molecule has 1 unspecified atom stereocenters. The van der Waals surface area contributed by atoms with Crippen LogP contribution in [0.25, 0.3) is 5.70 Å². The van der Waals surface area contributed by atoms with E-state index in [0.717, 1.165) is 40.9 Å². The Morgan fingerprint density at radius 1 is 1.19 bits per heavy atom. The fraction of sp³-hybridized carbons (Fsp3) is 0.333. The standard InChI is InChI=1S/C21H23BrN2O2/c1-24(2)11-6-12-25-23-20-17-10-9-16(22)13-19(17)26-21(14-18(20)21)15-7-4-3-5-8-15/h3-5,7-10,13,23H,6,11-12,14H2,1-2H3. The van der Waals surface area contributed by atoms with Gasteiger partial charge in [0.2, 0.25) is 0 Å². The van der Waals surface area contributed by atoms with Crippen molar-refractivity contribution >= 4 is 21.6 Å². The van der Waals surface area contributed by atoms with Gasteiger partial charge in [-0.1, -0.05) is 46.3 Å². The van der Waals surface area contributed by atoms with Gasteiger partial charge in [0.05, 0.1) is 12.3 Å². The van der Waals surface area contributed by atoms with E-state index < -0.39 is 0 Å². The summed E-state index contributed by atoms with van der Waals surface area (Å²) in [5.41, 5.74) is 7.41. The van der Waals surface area contributed by atoms with Crippen molar-refractivity contribution in [2.24, 2.45) is 0 Å². The molecule has 0 spiro atoms. The average molecular weight is 415 g/mol. The Hall–Kier alpha value is -1.82. The van der Waals surface area contributed by atoms with Gasteiger partial charge in [0.25, 0.3) is 0 Å². The van der Waals surface area contributed by atoms with Gasteiger partial charge in [-0.15, -0.1) is 0 Å². The van der Waals surface area contributed by atoms with Gasteiger partial charge in [-0.2, -0.15) is 0 Å². The molecule has 1 atom stereocenters. The van der Waals surface area contributed by atoms with Crippen molar-refractivity contribution in [3.63, 3.8) is 0 Å². The number of hydrogen-bond acceptors (Lipinski definition) is 4. The lowest BCUT2D eigenvalue weighted by Crippen LogP contribution is -2.25. The lowest BCUT2D eigenvalue weighted by Gasteiger charge is -2.26. The summed E-state index contributed by atoms with van der Waals surface area (Å²) < 4.78 is 7.47. The second-order valence-electron chi connectivity index (χ2n) is 7.07.